The van der Waals surface area contributed by atoms with Gasteiger partial charge in [0.15, 0.2) is 0 Å². The van der Waals surface area contributed by atoms with Gasteiger partial charge in [0.2, 0.25) is 0 Å². The van der Waals surface area contributed by atoms with Gasteiger partial charge in [0.25, 0.3) is 11.7 Å². The van der Waals surface area contributed by atoms with Crippen molar-refractivity contribution in [2.45, 2.75) is 6.92 Å². The van der Waals surface area contributed by atoms with Crippen LogP contribution in [0.4, 0.5) is 5.69 Å². The van der Waals surface area contributed by atoms with Gasteiger partial charge in [0, 0.05) is 19.1 Å². The van der Waals surface area contributed by atoms with Gasteiger partial charge in [-0.25, -0.2) is 9.59 Å². The van der Waals surface area contributed by atoms with E-state index in [4.69, 9.17) is 20.1 Å². The van der Waals surface area contributed by atoms with E-state index in [1.54, 1.807) is 30.3 Å². The summed E-state index contributed by atoms with van der Waals surface area (Å²) in [5, 5.41) is 34.4. The maximum atomic E-state index is 10.3. The molecule has 3 N–H and O–H groups in total. The number of aliphatic carboxylic acids is 1. The number of non-ortho nitro benzene ring substituents is 1. The van der Waals surface area contributed by atoms with Crippen molar-refractivity contribution in [3.63, 3.8) is 0 Å². The van der Waals surface area contributed by atoms with Crippen LogP contribution >= 0.6 is 0 Å². The van der Waals surface area contributed by atoms with E-state index in [2.05, 4.69) is 0 Å². The van der Waals surface area contributed by atoms with Crippen molar-refractivity contribution in [1.29, 1.82) is 0 Å². The van der Waals surface area contributed by atoms with Crippen molar-refractivity contribution < 1.29 is 34.6 Å². The van der Waals surface area contributed by atoms with E-state index in [-0.39, 0.29) is 11.3 Å². The number of aromatic carboxylic acids is 2. The van der Waals surface area contributed by atoms with Crippen LogP contribution in [-0.2, 0) is 4.79 Å². The fourth-order valence-corrected chi connectivity index (χ4v) is 1.31. The van der Waals surface area contributed by atoms with Crippen molar-refractivity contribution in [1.82, 2.24) is 0 Å². The van der Waals surface area contributed by atoms with Crippen molar-refractivity contribution in [3.05, 3.63) is 75.8 Å². The molecule has 0 unspecified atom stereocenters. The number of carboxylic acids is 3. The zero-order valence-electron chi connectivity index (χ0n) is 13.0. The SMILES string of the molecule is CC(=O)O.O=C(O)c1ccc([N+](=O)[O-])cc1.O=C(O)c1ccccc1. The molecule has 0 fully saturated rings. The zero-order valence-corrected chi connectivity index (χ0v) is 13.0. The van der Waals surface area contributed by atoms with E-state index in [1.807, 2.05) is 0 Å². The molecule has 2 aromatic carbocycles. The molecule has 25 heavy (non-hydrogen) atoms. The maximum absolute atomic E-state index is 10.3. The zero-order chi connectivity index (χ0) is 19.4. The molecule has 0 bridgehead atoms. The average molecular weight is 349 g/mol. The van der Waals surface area contributed by atoms with E-state index >= 15 is 0 Å². The number of nitrogens with zero attached hydrogens (tertiary/aromatic N) is 1. The van der Waals surface area contributed by atoms with Gasteiger partial charge in [-0.15, -0.1) is 0 Å². The Bertz CT molecular complexity index is 689. The van der Waals surface area contributed by atoms with Crippen molar-refractivity contribution >= 4 is 23.6 Å². The van der Waals surface area contributed by atoms with Gasteiger partial charge in [0.1, 0.15) is 0 Å². The average Bonchev–Trinajstić information content (AvgIpc) is 2.55. The minimum Gasteiger partial charge on any atom is -0.481 e. The second-order valence-electron chi connectivity index (χ2n) is 4.30. The Morgan fingerprint density at radius 3 is 1.44 bits per heavy atom. The fraction of sp³-hybridized carbons (Fsp3) is 0.0625. The highest BCUT2D eigenvalue weighted by atomic mass is 16.6. The lowest BCUT2D eigenvalue weighted by Crippen LogP contribution is -1.96. The standard InChI is InChI=1S/C7H5NO4.C7H6O2.C2H4O2/c9-7(10)5-1-3-6(4-2-5)8(11)12;8-7(9)6-4-2-1-3-5-6;1-2(3)4/h1-4H,(H,9,10);1-5H,(H,8,9);1H3,(H,3,4). The first-order valence-corrected chi connectivity index (χ1v) is 6.60. The molecule has 0 heterocycles. The van der Waals surface area contributed by atoms with E-state index in [0.29, 0.717) is 5.56 Å². The van der Waals surface area contributed by atoms with Crippen LogP contribution in [0, 0.1) is 10.1 Å². The highest BCUT2D eigenvalue weighted by Crippen LogP contribution is 2.11. The molecule has 132 valence electrons. The van der Waals surface area contributed by atoms with Crippen LogP contribution in [0.5, 0.6) is 0 Å². The number of nitro benzene ring substituents is 1. The van der Waals surface area contributed by atoms with Crippen LogP contribution in [0.15, 0.2) is 54.6 Å². The highest BCUT2D eigenvalue weighted by molar-refractivity contribution is 5.88. The van der Waals surface area contributed by atoms with Gasteiger partial charge in [-0.3, -0.25) is 14.9 Å². The van der Waals surface area contributed by atoms with Crippen molar-refractivity contribution in [2.75, 3.05) is 0 Å². The second-order valence-corrected chi connectivity index (χ2v) is 4.30. The first-order chi connectivity index (χ1) is 11.6. The summed E-state index contributed by atoms with van der Waals surface area (Å²) in [5.74, 6) is -2.81. The molecule has 2 aromatic rings. The molecule has 2 rings (SSSR count). The van der Waals surface area contributed by atoms with Gasteiger partial charge < -0.3 is 15.3 Å². The molecular weight excluding hydrogens is 334 g/mol. The largest absolute Gasteiger partial charge is 0.481 e. The normalized spacial score (nSPS) is 8.68. The van der Waals surface area contributed by atoms with Crippen LogP contribution < -0.4 is 0 Å². The summed E-state index contributed by atoms with van der Waals surface area (Å²) in [6.07, 6.45) is 0. The summed E-state index contributed by atoms with van der Waals surface area (Å²) in [4.78, 5) is 39.1. The number of hydrogen-bond donors (Lipinski definition) is 3. The first kappa shape index (κ1) is 21.2. The van der Waals surface area contributed by atoms with Crippen LogP contribution in [0.25, 0.3) is 0 Å². The molecule has 0 spiro atoms. The third-order valence-corrected chi connectivity index (χ3v) is 2.35. The summed E-state index contributed by atoms with van der Waals surface area (Å²) in [6, 6.07) is 13.0. The number of rotatable bonds is 3. The number of benzene rings is 2. The Balaban J connectivity index is 0.000000391. The lowest BCUT2D eigenvalue weighted by Gasteiger charge is -1.92. The Hall–Kier alpha value is -3.75. The molecule has 0 amide bonds. The maximum Gasteiger partial charge on any atom is 0.335 e. The van der Waals surface area contributed by atoms with E-state index in [9.17, 15) is 19.7 Å². The molecule has 9 nitrogen and oxygen atoms in total. The monoisotopic (exact) mass is 349 g/mol. The van der Waals surface area contributed by atoms with Gasteiger partial charge >= 0.3 is 11.9 Å². The van der Waals surface area contributed by atoms with E-state index in [1.165, 1.54) is 12.1 Å². The molecular formula is C16H15NO8. The quantitative estimate of drug-likeness (QED) is 0.564. The molecule has 0 aliphatic heterocycles. The van der Waals surface area contributed by atoms with Crippen LogP contribution in [0.2, 0.25) is 0 Å². The van der Waals surface area contributed by atoms with Crippen LogP contribution in [-0.4, -0.2) is 38.2 Å². The Kier molecular flexibility index (Phi) is 9.26. The third kappa shape index (κ3) is 9.79. The molecule has 0 radical (unpaired) electrons. The molecule has 0 aliphatic carbocycles. The summed E-state index contributed by atoms with van der Waals surface area (Å²) in [6.45, 7) is 1.08. The van der Waals surface area contributed by atoms with Gasteiger partial charge in [-0.05, 0) is 24.3 Å². The molecule has 0 saturated heterocycles. The predicted molar refractivity (Wildman–Crippen MR) is 86.8 cm³/mol. The Morgan fingerprint density at radius 2 is 1.16 bits per heavy atom. The van der Waals surface area contributed by atoms with E-state index in [0.717, 1.165) is 19.1 Å². The van der Waals surface area contributed by atoms with Crippen LogP contribution in [0.1, 0.15) is 27.6 Å². The lowest BCUT2D eigenvalue weighted by molar-refractivity contribution is -0.384. The highest BCUT2D eigenvalue weighted by Gasteiger charge is 2.06. The molecule has 0 atom stereocenters. The summed E-state index contributed by atoms with van der Waals surface area (Å²) < 4.78 is 0. The molecule has 0 aromatic heterocycles. The number of hydrogen-bond acceptors (Lipinski definition) is 5. The molecule has 9 heteroatoms. The first-order valence-electron chi connectivity index (χ1n) is 6.60. The van der Waals surface area contributed by atoms with Crippen molar-refractivity contribution in [3.8, 4) is 0 Å². The number of carboxylic acid groups (broad SMARTS) is 3. The minimum absolute atomic E-state index is 0.0422. The van der Waals surface area contributed by atoms with Crippen LogP contribution in [0.3, 0.4) is 0 Å². The fourth-order valence-electron chi connectivity index (χ4n) is 1.31. The predicted octanol–water partition coefficient (Wildman–Crippen LogP) is 2.77. The number of nitro groups is 1. The molecule has 0 aliphatic rings. The number of carbonyl (C=O) groups is 3. The second kappa shape index (κ2) is 10.9. The Labute approximate surface area is 141 Å². The Morgan fingerprint density at radius 1 is 0.800 bits per heavy atom. The minimum atomic E-state index is -1.09. The van der Waals surface area contributed by atoms with Gasteiger partial charge in [-0.2, -0.15) is 0 Å². The molecule has 0 saturated carbocycles. The lowest BCUT2D eigenvalue weighted by atomic mass is 10.2. The topological polar surface area (TPSA) is 155 Å². The third-order valence-electron chi connectivity index (χ3n) is 2.35. The van der Waals surface area contributed by atoms with E-state index < -0.39 is 22.8 Å². The summed E-state index contributed by atoms with van der Waals surface area (Å²) >= 11 is 0. The van der Waals surface area contributed by atoms with Crippen molar-refractivity contribution in [2.24, 2.45) is 0 Å². The summed E-state index contributed by atoms with van der Waals surface area (Å²) in [5.41, 5.74) is 0.262. The van der Waals surface area contributed by atoms with Gasteiger partial charge in [-0.1, -0.05) is 18.2 Å². The van der Waals surface area contributed by atoms with Gasteiger partial charge in [0.05, 0.1) is 16.1 Å². The smallest absolute Gasteiger partial charge is 0.335 e. The summed E-state index contributed by atoms with van der Waals surface area (Å²) in [7, 11) is 0.